The van der Waals surface area contributed by atoms with Gasteiger partial charge in [-0.2, -0.15) is 0 Å². The quantitative estimate of drug-likeness (QED) is 0.732. The van der Waals surface area contributed by atoms with Crippen LogP contribution in [0.3, 0.4) is 0 Å². The summed E-state index contributed by atoms with van der Waals surface area (Å²) < 4.78 is 0. The predicted octanol–water partition coefficient (Wildman–Crippen LogP) is 4.35. The fourth-order valence-electron chi connectivity index (χ4n) is 2.49. The summed E-state index contributed by atoms with van der Waals surface area (Å²) in [6.07, 6.45) is 0.398. The lowest BCUT2D eigenvalue weighted by atomic mass is 9.97. The van der Waals surface area contributed by atoms with E-state index in [-0.39, 0.29) is 23.9 Å². The summed E-state index contributed by atoms with van der Waals surface area (Å²) in [7, 11) is 0. The minimum Gasteiger partial charge on any atom is -0.336 e. The summed E-state index contributed by atoms with van der Waals surface area (Å²) in [4.78, 5) is 24.0. The topological polar surface area (TPSA) is 70.2 Å². The molecule has 0 saturated carbocycles. The van der Waals surface area contributed by atoms with Gasteiger partial charge < -0.3 is 16.0 Å². The molecule has 1 atom stereocenters. The van der Waals surface area contributed by atoms with E-state index in [1.807, 2.05) is 51.1 Å². The maximum atomic E-state index is 12.3. The summed E-state index contributed by atoms with van der Waals surface area (Å²) >= 11 is 0. The predicted molar refractivity (Wildman–Crippen MR) is 102 cm³/mol. The van der Waals surface area contributed by atoms with Crippen LogP contribution in [0.5, 0.6) is 0 Å². The van der Waals surface area contributed by atoms with Gasteiger partial charge in [-0.3, -0.25) is 4.79 Å². The summed E-state index contributed by atoms with van der Waals surface area (Å²) in [5.74, 6) is 0.0828. The zero-order chi connectivity index (χ0) is 18.2. The fourth-order valence-corrected chi connectivity index (χ4v) is 2.49. The van der Waals surface area contributed by atoms with Crippen molar-refractivity contribution in [2.75, 3.05) is 10.6 Å². The SMILES string of the molecule is CC(C)NC(=O)Nc1cccc(NC(=O)C[C@@H](C)c2ccccc2)c1. The molecule has 132 valence electrons. The zero-order valence-corrected chi connectivity index (χ0v) is 14.9. The molecule has 0 fully saturated rings. The van der Waals surface area contributed by atoms with Gasteiger partial charge in [-0.1, -0.05) is 43.3 Å². The van der Waals surface area contributed by atoms with E-state index < -0.39 is 0 Å². The van der Waals surface area contributed by atoms with Crippen molar-refractivity contribution >= 4 is 23.3 Å². The molecule has 25 heavy (non-hydrogen) atoms. The van der Waals surface area contributed by atoms with Crippen LogP contribution in [0.1, 0.15) is 38.7 Å². The molecule has 0 aliphatic heterocycles. The number of nitrogens with one attached hydrogen (secondary N) is 3. The van der Waals surface area contributed by atoms with Gasteiger partial charge in [0.1, 0.15) is 0 Å². The van der Waals surface area contributed by atoms with E-state index in [0.717, 1.165) is 5.56 Å². The van der Waals surface area contributed by atoms with Gasteiger partial charge in [-0.25, -0.2) is 4.79 Å². The molecule has 0 aliphatic carbocycles. The molecule has 2 rings (SSSR count). The second-order valence-electron chi connectivity index (χ2n) is 6.40. The van der Waals surface area contributed by atoms with Crippen molar-refractivity contribution in [3.63, 3.8) is 0 Å². The molecule has 0 aromatic heterocycles. The minimum atomic E-state index is -0.267. The van der Waals surface area contributed by atoms with E-state index in [9.17, 15) is 9.59 Å². The third kappa shape index (κ3) is 6.30. The number of benzene rings is 2. The second-order valence-corrected chi connectivity index (χ2v) is 6.40. The second kappa shape index (κ2) is 8.87. The lowest BCUT2D eigenvalue weighted by Gasteiger charge is -2.13. The van der Waals surface area contributed by atoms with E-state index >= 15 is 0 Å². The molecule has 3 amide bonds. The van der Waals surface area contributed by atoms with Crippen LogP contribution < -0.4 is 16.0 Å². The number of hydrogen-bond donors (Lipinski definition) is 3. The normalized spacial score (nSPS) is 11.7. The Morgan fingerprint density at radius 1 is 0.880 bits per heavy atom. The smallest absolute Gasteiger partial charge is 0.319 e. The van der Waals surface area contributed by atoms with Crippen LogP contribution in [0, 0.1) is 0 Å². The largest absolute Gasteiger partial charge is 0.336 e. The number of carbonyl (C=O) groups is 2. The number of urea groups is 1. The maximum absolute atomic E-state index is 12.3. The Balaban J connectivity index is 1.92. The molecular formula is C20H25N3O2. The lowest BCUT2D eigenvalue weighted by Crippen LogP contribution is -2.34. The molecule has 0 saturated heterocycles. The van der Waals surface area contributed by atoms with Gasteiger partial charge in [0.05, 0.1) is 0 Å². The number of anilines is 2. The summed E-state index contributed by atoms with van der Waals surface area (Å²) in [5, 5.41) is 8.40. The monoisotopic (exact) mass is 339 g/mol. The Labute approximate surface area is 148 Å². The van der Waals surface area contributed by atoms with Crippen molar-refractivity contribution in [1.82, 2.24) is 5.32 Å². The Hall–Kier alpha value is -2.82. The first-order chi connectivity index (χ1) is 11.9. The first-order valence-electron chi connectivity index (χ1n) is 8.46. The molecule has 5 nitrogen and oxygen atoms in total. The average molecular weight is 339 g/mol. The highest BCUT2D eigenvalue weighted by atomic mass is 16.2. The van der Waals surface area contributed by atoms with E-state index in [1.165, 1.54) is 0 Å². The van der Waals surface area contributed by atoms with Crippen LogP contribution in [0.4, 0.5) is 16.2 Å². The molecule has 5 heteroatoms. The molecule has 2 aromatic rings. The number of amides is 3. The van der Waals surface area contributed by atoms with Crippen molar-refractivity contribution in [1.29, 1.82) is 0 Å². The van der Waals surface area contributed by atoms with Gasteiger partial charge in [-0.05, 0) is 43.5 Å². The van der Waals surface area contributed by atoms with Crippen molar-refractivity contribution in [3.05, 3.63) is 60.2 Å². The van der Waals surface area contributed by atoms with Crippen LogP contribution in [-0.4, -0.2) is 18.0 Å². The maximum Gasteiger partial charge on any atom is 0.319 e. The molecule has 2 aromatic carbocycles. The van der Waals surface area contributed by atoms with Gasteiger partial charge in [0.25, 0.3) is 0 Å². The van der Waals surface area contributed by atoms with E-state index in [4.69, 9.17) is 0 Å². The summed E-state index contributed by atoms with van der Waals surface area (Å²) in [6, 6.07) is 16.9. The first kappa shape index (κ1) is 18.5. The molecule has 0 heterocycles. The van der Waals surface area contributed by atoms with Crippen LogP contribution >= 0.6 is 0 Å². The fraction of sp³-hybridized carbons (Fsp3) is 0.300. The van der Waals surface area contributed by atoms with E-state index in [2.05, 4.69) is 16.0 Å². The number of carbonyl (C=O) groups excluding carboxylic acids is 2. The number of hydrogen-bond acceptors (Lipinski definition) is 2. The van der Waals surface area contributed by atoms with Crippen molar-refractivity contribution in [3.8, 4) is 0 Å². The van der Waals surface area contributed by atoms with Gasteiger partial charge in [0.2, 0.25) is 5.91 Å². The average Bonchev–Trinajstić information content (AvgIpc) is 2.55. The van der Waals surface area contributed by atoms with Crippen molar-refractivity contribution < 1.29 is 9.59 Å². The third-order valence-electron chi connectivity index (χ3n) is 3.68. The lowest BCUT2D eigenvalue weighted by molar-refractivity contribution is -0.116. The molecule has 0 unspecified atom stereocenters. The Morgan fingerprint density at radius 2 is 1.52 bits per heavy atom. The standard InChI is InChI=1S/C20H25N3O2/c1-14(2)21-20(25)23-18-11-7-10-17(13-18)22-19(24)12-15(3)16-8-5-4-6-9-16/h4-11,13-15H,12H2,1-3H3,(H,22,24)(H2,21,23,25)/t15-/m1/s1. The van der Waals surface area contributed by atoms with Crippen molar-refractivity contribution in [2.45, 2.75) is 39.2 Å². The molecular weight excluding hydrogens is 314 g/mol. The molecule has 0 spiro atoms. The van der Waals surface area contributed by atoms with Crippen LogP contribution in [0.2, 0.25) is 0 Å². The van der Waals surface area contributed by atoms with E-state index in [1.54, 1.807) is 24.3 Å². The molecule has 0 bridgehead atoms. The molecule has 0 radical (unpaired) electrons. The Kier molecular flexibility index (Phi) is 6.57. The van der Waals surface area contributed by atoms with Gasteiger partial charge >= 0.3 is 6.03 Å². The third-order valence-corrected chi connectivity index (χ3v) is 3.68. The number of rotatable bonds is 6. The zero-order valence-electron chi connectivity index (χ0n) is 14.9. The highest BCUT2D eigenvalue weighted by Gasteiger charge is 2.11. The van der Waals surface area contributed by atoms with Gasteiger partial charge in [-0.15, -0.1) is 0 Å². The Morgan fingerprint density at radius 3 is 2.16 bits per heavy atom. The van der Waals surface area contributed by atoms with Crippen LogP contribution in [0.25, 0.3) is 0 Å². The van der Waals surface area contributed by atoms with Gasteiger partial charge in [0, 0.05) is 23.8 Å². The Bertz CT molecular complexity index is 714. The highest BCUT2D eigenvalue weighted by Crippen LogP contribution is 2.20. The van der Waals surface area contributed by atoms with Crippen LogP contribution in [-0.2, 0) is 4.79 Å². The molecule has 3 N–H and O–H groups in total. The molecule has 0 aliphatic rings. The van der Waals surface area contributed by atoms with Gasteiger partial charge in [0.15, 0.2) is 0 Å². The van der Waals surface area contributed by atoms with Crippen LogP contribution in [0.15, 0.2) is 54.6 Å². The summed E-state index contributed by atoms with van der Waals surface area (Å²) in [6.45, 7) is 5.82. The van der Waals surface area contributed by atoms with E-state index in [0.29, 0.717) is 17.8 Å². The minimum absolute atomic E-state index is 0.0554. The summed E-state index contributed by atoms with van der Waals surface area (Å²) in [5.41, 5.74) is 2.43. The first-order valence-corrected chi connectivity index (χ1v) is 8.46. The highest BCUT2D eigenvalue weighted by molar-refractivity contribution is 5.93. The van der Waals surface area contributed by atoms with Crippen molar-refractivity contribution in [2.24, 2.45) is 0 Å².